The third-order valence-electron chi connectivity index (χ3n) is 3.47. The van der Waals surface area contributed by atoms with Crippen LogP contribution in [0.2, 0.25) is 0 Å². The quantitative estimate of drug-likeness (QED) is 0.865. The Morgan fingerprint density at radius 3 is 2.60 bits per heavy atom. The molecule has 0 saturated heterocycles. The molecule has 104 valence electrons. The number of rotatable bonds is 6. The van der Waals surface area contributed by atoms with Gasteiger partial charge in [-0.05, 0) is 36.1 Å². The van der Waals surface area contributed by atoms with Crippen molar-refractivity contribution in [2.75, 3.05) is 0 Å². The van der Waals surface area contributed by atoms with Gasteiger partial charge in [-0.2, -0.15) is 0 Å². The Morgan fingerprint density at radius 1 is 1.05 bits per heavy atom. The molecule has 20 heavy (non-hydrogen) atoms. The molecular formula is C17H18FNO. The van der Waals surface area contributed by atoms with Crippen molar-refractivity contribution in [1.29, 1.82) is 0 Å². The predicted octanol–water partition coefficient (Wildman–Crippen LogP) is 3.66. The maximum absolute atomic E-state index is 13.1. The molecule has 1 aliphatic carbocycles. The lowest BCUT2D eigenvalue weighted by atomic mass is 10.1. The highest BCUT2D eigenvalue weighted by atomic mass is 19.1. The molecule has 0 spiro atoms. The van der Waals surface area contributed by atoms with Crippen LogP contribution in [0.3, 0.4) is 0 Å². The second-order valence-electron chi connectivity index (χ2n) is 5.17. The van der Waals surface area contributed by atoms with Crippen molar-refractivity contribution >= 4 is 0 Å². The zero-order valence-corrected chi connectivity index (χ0v) is 11.3. The van der Waals surface area contributed by atoms with Crippen LogP contribution in [0.5, 0.6) is 5.75 Å². The Balaban J connectivity index is 1.63. The van der Waals surface area contributed by atoms with Crippen molar-refractivity contribution in [1.82, 2.24) is 5.32 Å². The van der Waals surface area contributed by atoms with E-state index >= 15 is 0 Å². The van der Waals surface area contributed by atoms with E-state index in [0.29, 0.717) is 18.4 Å². The highest BCUT2D eigenvalue weighted by molar-refractivity contribution is 5.28. The van der Waals surface area contributed by atoms with Gasteiger partial charge < -0.3 is 10.1 Å². The van der Waals surface area contributed by atoms with Gasteiger partial charge in [0.05, 0.1) is 0 Å². The molecule has 3 heteroatoms. The molecule has 0 amide bonds. The standard InChI is InChI=1S/C17H18FNO/c18-15-6-3-7-17(10-15)20-12-14-5-2-1-4-13(14)11-19-16-8-9-16/h1-7,10,16,19H,8-9,11-12H2. The van der Waals surface area contributed by atoms with E-state index in [-0.39, 0.29) is 5.82 Å². The SMILES string of the molecule is Fc1cccc(OCc2ccccc2CNC2CC2)c1. The first-order valence-corrected chi connectivity index (χ1v) is 7.00. The van der Waals surface area contributed by atoms with Gasteiger partial charge in [0.25, 0.3) is 0 Å². The number of nitrogens with one attached hydrogen (secondary N) is 1. The lowest BCUT2D eigenvalue weighted by Crippen LogP contribution is -2.16. The zero-order valence-electron chi connectivity index (χ0n) is 11.3. The van der Waals surface area contributed by atoms with Gasteiger partial charge in [0.2, 0.25) is 0 Å². The van der Waals surface area contributed by atoms with Crippen molar-refractivity contribution in [3.8, 4) is 5.75 Å². The first-order valence-electron chi connectivity index (χ1n) is 7.00. The lowest BCUT2D eigenvalue weighted by molar-refractivity contribution is 0.303. The van der Waals surface area contributed by atoms with Crippen LogP contribution >= 0.6 is 0 Å². The van der Waals surface area contributed by atoms with Crippen LogP contribution in [-0.2, 0) is 13.2 Å². The molecule has 2 nitrogen and oxygen atoms in total. The molecule has 2 aromatic rings. The van der Waals surface area contributed by atoms with E-state index < -0.39 is 0 Å². The lowest BCUT2D eigenvalue weighted by Gasteiger charge is -2.11. The van der Waals surface area contributed by atoms with Crippen molar-refractivity contribution in [3.63, 3.8) is 0 Å². The highest BCUT2D eigenvalue weighted by Crippen LogP contribution is 2.21. The fourth-order valence-electron chi connectivity index (χ4n) is 2.13. The number of halogens is 1. The van der Waals surface area contributed by atoms with E-state index in [0.717, 1.165) is 12.1 Å². The van der Waals surface area contributed by atoms with Crippen LogP contribution in [0.15, 0.2) is 48.5 Å². The summed E-state index contributed by atoms with van der Waals surface area (Å²) in [6.45, 7) is 1.33. The maximum Gasteiger partial charge on any atom is 0.126 e. The maximum atomic E-state index is 13.1. The summed E-state index contributed by atoms with van der Waals surface area (Å²) < 4.78 is 18.8. The van der Waals surface area contributed by atoms with Gasteiger partial charge in [-0.25, -0.2) is 4.39 Å². The Labute approximate surface area is 118 Å². The van der Waals surface area contributed by atoms with Gasteiger partial charge >= 0.3 is 0 Å². The second kappa shape index (κ2) is 6.06. The topological polar surface area (TPSA) is 21.3 Å². The van der Waals surface area contributed by atoms with E-state index in [2.05, 4.69) is 17.4 Å². The summed E-state index contributed by atoms with van der Waals surface area (Å²) in [5.41, 5.74) is 2.39. The van der Waals surface area contributed by atoms with Crippen LogP contribution < -0.4 is 10.1 Å². The van der Waals surface area contributed by atoms with Gasteiger partial charge in [0.15, 0.2) is 0 Å². The molecule has 3 rings (SSSR count). The first-order chi connectivity index (χ1) is 9.81. The van der Waals surface area contributed by atoms with Crippen LogP contribution in [0.1, 0.15) is 24.0 Å². The Bertz CT molecular complexity index is 581. The molecular weight excluding hydrogens is 253 g/mol. The molecule has 1 fully saturated rings. The third-order valence-corrected chi connectivity index (χ3v) is 3.47. The van der Waals surface area contributed by atoms with Crippen molar-refractivity contribution in [2.45, 2.75) is 32.0 Å². The van der Waals surface area contributed by atoms with Crippen LogP contribution in [0, 0.1) is 5.82 Å². The summed E-state index contributed by atoms with van der Waals surface area (Å²) in [7, 11) is 0. The van der Waals surface area contributed by atoms with Gasteiger partial charge in [0, 0.05) is 18.7 Å². The minimum atomic E-state index is -0.272. The summed E-state index contributed by atoms with van der Waals surface area (Å²) in [6, 6.07) is 15.2. The summed E-state index contributed by atoms with van der Waals surface area (Å²) in [6.07, 6.45) is 2.56. The average molecular weight is 271 g/mol. The number of hydrogen-bond donors (Lipinski definition) is 1. The normalized spacial score (nSPS) is 14.2. The van der Waals surface area contributed by atoms with E-state index in [1.165, 1.54) is 30.5 Å². The molecule has 1 saturated carbocycles. The van der Waals surface area contributed by atoms with Crippen LogP contribution in [-0.4, -0.2) is 6.04 Å². The van der Waals surface area contributed by atoms with Crippen LogP contribution in [0.25, 0.3) is 0 Å². The molecule has 2 aromatic carbocycles. The van der Waals surface area contributed by atoms with E-state index in [1.807, 2.05) is 12.1 Å². The molecule has 0 bridgehead atoms. The largest absolute Gasteiger partial charge is 0.489 e. The smallest absolute Gasteiger partial charge is 0.126 e. The molecule has 0 heterocycles. The van der Waals surface area contributed by atoms with Gasteiger partial charge in [-0.1, -0.05) is 30.3 Å². The fourth-order valence-corrected chi connectivity index (χ4v) is 2.13. The molecule has 0 radical (unpaired) electrons. The van der Waals surface area contributed by atoms with E-state index in [9.17, 15) is 4.39 Å². The van der Waals surface area contributed by atoms with Crippen LogP contribution in [0.4, 0.5) is 4.39 Å². The molecule has 0 aromatic heterocycles. The summed E-state index contributed by atoms with van der Waals surface area (Å²) >= 11 is 0. The minimum absolute atomic E-state index is 0.272. The van der Waals surface area contributed by atoms with Gasteiger partial charge in [-0.15, -0.1) is 0 Å². The van der Waals surface area contributed by atoms with E-state index in [1.54, 1.807) is 12.1 Å². The van der Waals surface area contributed by atoms with Crippen molar-refractivity contribution in [2.24, 2.45) is 0 Å². The molecule has 0 aliphatic heterocycles. The van der Waals surface area contributed by atoms with Crippen molar-refractivity contribution < 1.29 is 9.13 Å². The molecule has 1 aliphatic rings. The molecule has 1 N–H and O–H groups in total. The van der Waals surface area contributed by atoms with Crippen molar-refractivity contribution in [3.05, 3.63) is 65.5 Å². The van der Waals surface area contributed by atoms with Gasteiger partial charge in [0.1, 0.15) is 18.2 Å². The monoisotopic (exact) mass is 271 g/mol. The number of ether oxygens (including phenoxy) is 1. The Hall–Kier alpha value is -1.87. The summed E-state index contributed by atoms with van der Waals surface area (Å²) in [5.74, 6) is 0.293. The minimum Gasteiger partial charge on any atom is -0.489 e. The summed E-state index contributed by atoms with van der Waals surface area (Å²) in [5, 5.41) is 3.51. The zero-order chi connectivity index (χ0) is 13.8. The number of hydrogen-bond acceptors (Lipinski definition) is 2. The second-order valence-corrected chi connectivity index (χ2v) is 5.17. The third kappa shape index (κ3) is 3.58. The highest BCUT2D eigenvalue weighted by Gasteiger charge is 2.20. The Morgan fingerprint density at radius 2 is 1.85 bits per heavy atom. The molecule has 0 unspecified atom stereocenters. The predicted molar refractivity (Wildman–Crippen MR) is 77.0 cm³/mol. The summed E-state index contributed by atoms with van der Waals surface area (Å²) in [4.78, 5) is 0. The first kappa shape index (κ1) is 13.1. The Kier molecular flexibility index (Phi) is 3.97. The molecule has 0 atom stereocenters. The fraction of sp³-hybridized carbons (Fsp3) is 0.294. The number of benzene rings is 2. The van der Waals surface area contributed by atoms with Gasteiger partial charge in [-0.3, -0.25) is 0 Å². The average Bonchev–Trinajstić information content (AvgIpc) is 3.28. The van der Waals surface area contributed by atoms with E-state index in [4.69, 9.17) is 4.74 Å².